The van der Waals surface area contributed by atoms with Gasteiger partial charge in [-0.2, -0.15) is 5.10 Å². The van der Waals surface area contributed by atoms with Crippen molar-refractivity contribution in [3.05, 3.63) is 71.8 Å². The minimum Gasteiger partial charge on any atom is -0.497 e. The predicted molar refractivity (Wildman–Crippen MR) is 116 cm³/mol. The summed E-state index contributed by atoms with van der Waals surface area (Å²) in [5.41, 5.74) is 5.74. The summed E-state index contributed by atoms with van der Waals surface area (Å²) in [5.74, 6) is 0.704. The van der Waals surface area contributed by atoms with Crippen molar-refractivity contribution in [3.8, 4) is 17.0 Å². The van der Waals surface area contributed by atoms with Crippen molar-refractivity contribution < 1.29 is 9.53 Å². The van der Waals surface area contributed by atoms with Crippen LogP contribution in [0.5, 0.6) is 5.75 Å². The number of fused-ring (bicyclic) bond motifs is 1. The van der Waals surface area contributed by atoms with Crippen molar-refractivity contribution in [2.45, 2.75) is 20.3 Å². The van der Waals surface area contributed by atoms with E-state index in [1.165, 1.54) is 0 Å². The molecular formula is C23H23N5O2. The molecule has 152 valence electrons. The maximum absolute atomic E-state index is 13.1. The first-order valence-corrected chi connectivity index (χ1v) is 9.65. The summed E-state index contributed by atoms with van der Waals surface area (Å²) < 4.78 is 7.07. The molecule has 0 aliphatic carbocycles. The fraction of sp³-hybridized carbons (Fsp3) is 0.217. The van der Waals surface area contributed by atoms with E-state index in [0.29, 0.717) is 5.65 Å². The first kappa shape index (κ1) is 19.6. The van der Waals surface area contributed by atoms with E-state index in [1.54, 1.807) is 36.0 Å². The van der Waals surface area contributed by atoms with Gasteiger partial charge in [0.25, 0.3) is 0 Å². The Hall–Kier alpha value is -3.74. The number of anilines is 1. The molecular weight excluding hydrogens is 378 g/mol. The number of hydrogen-bond acceptors (Lipinski definition) is 5. The van der Waals surface area contributed by atoms with Crippen LogP contribution < -0.4 is 9.64 Å². The molecule has 0 aliphatic heterocycles. The maximum Gasteiger partial charge on any atom is 0.231 e. The average molecular weight is 401 g/mol. The monoisotopic (exact) mass is 401 g/mol. The molecule has 4 aromatic rings. The number of aromatic nitrogens is 4. The number of carbonyl (C=O) groups is 1. The van der Waals surface area contributed by atoms with Gasteiger partial charge < -0.3 is 9.64 Å². The third-order valence-corrected chi connectivity index (χ3v) is 5.09. The highest BCUT2D eigenvalue weighted by atomic mass is 16.5. The van der Waals surface area contributed by atoms with Crippen LogP contribution in [0.4, 0.5) is 5.69 Å². The largest absolute Gasteiger partial charge is 0.497 e. The molecule has 0 atom stereocenters. The van der Waals surface area contributed by atoms with Crippen LogP contribution in [0.2, 0.25) is 0 Å². The minimum atomic E-state index is -0.0615. The highest BCUT2D eigenvalue weighted by Crippen LogP contribution is 2.29. The molecule has 0 bridgehead atoms. The number of aryl methyl sites for hydroxylation is 2. The van der Waals surface area contributed by atoms with Gasteiger partial charge in [-0.1, -0.05) is 0 Å². The van der Waals surface area contributed by atoms with Gasteiger partial charge in [0.2, 0.25) is 5.91 Å². The fourth-order valence-corrected chi connectivity index (χ4v) is 3.47. The molecule has 3 aromatic heterocycles. The Morgan fingerprint density at radius 2 is 1.93 bits per heavy atom. The zero-order chi connectivity index (χ0) is 21.3. The van der Waals surface area contributed by atoms with Crippen molar-refractivity contribution in [2.75, 3.05) is 19.1 Å². The van der Waals surface area contributed by atoms with Gasteiger partial charge in [0.15, 0.2) is 5.65 Å². The Kier molecular flexibility index (Phi) is 5.18. The lowest BCUT2D eigenvalue weighted by atomic mass is 10.0. The lowest BCUT2D eigenvalue weighted by Gasteiger charge is -2.16. The van der Waals surface area contributed by atoms with Crippen LogP contribution in [0.1, 0.15) is 17.0 Å². The first-order chi connectivity index (χ1) is 14.5. The van der Waals surface area contributed by atoms with Gasteiger partial charge in [-0.05, 0) is 56.3 Å². The molecule has 0 spiro atoms. The third kappa shape index (κ3) is 3.61. The second kappa shape index (κ2) is 7.94. The lowest BCUT2D eigenvalue weighted by Crippen LogP contribution is -2.28. The Bertz CT molecular complexity index is 1200. The van der Waals surface area contributed by atoms with Crippen molar-refractivity contribution in [1.82, 2.24) is 19.6 Å². The molecule has 0 radical (unpaired) electrons. The van der Waals surface area contributed by atoms with Crippen LogP contribution >= 0.6 is 0 Å². The van der Waals surface area contributed by atoms with E-state index in [1.807, 2.05) is 56.3 Å². The number of amides is 1. The standard InChI is InChI=1S/C23H23N5O2/c1-15-12-16(2)28-23(25-15)20(13-21(29)27(3)18-6-5-11-24-14-18)22(26-28)17-7-9-19(30-4)10-8-17/h5-12,14H,13H2,1-4H3. The second-order valence-electron chi connectivity index (χ2n) is 7.17. The molecule has 0 saturated carbocycles. The summed E-state index contributed by atoms with van der Waals surface area (Å²) in [5, 5.41) is 4.79. The number of rotatable bonds is 5. The van der Waals surface area contributed by atoms with E-state index in [-0.39, 0.29) is 12.3 Å². The minimum absolute atomic E-state index is 0.0615. The lowest BCUT2D eigenvalue weighted by molar-refractivity contribution is -0.117. The highest BCUT2D eigenvalue weighted by molar-refractivity contribution is 5.96. The summed E-state index contributed by atoms with van der Waals surface area (Å²) in [7, 11) is 3.39. The van der Waals surface area contributed by atoms with Crippen LogP contribution in [0.15, 0.2) is 54.9 Å². The SMILES string of the molecule is COc1ccc(-c2nn3c(C)cc(C)nc3c2CC(=O)N(C)c2cccnc2)cc1. The van der Waals surface area contributed by atoms with Crippen molar-refractivity contribution in [2.24, 2.45) is 0 Å². The molecule has 3 heterocycles. The molecule has 4 rings (SSSR count). The Morgan fingerprint density at radius 1 is 1.17 bits per heavy atom. The number of nitrogens with zero attached hydrogens (tertiary/aromatic N) is 5. The predicted octanol–water partition coefficient (Wildman–Crippen LogP) is 3.62. The zero-order valence-electron chi connectivity index (χ0n) is 17.5. The highest BCUT2D eigenvalue weighted by Gasteiger charge is 2.22. The van der Waals surface area contributed by atoms with E-state index < -0.39 is 0 Å². The average Bonchev–Trinajstić information content (AvgIpc) is 3.12. The van der Waals surface area contributed by atoms with Gasteiger partial charge in [0.1, 0.15) is 5.75 Å². The molecule has 7 heteroatoms. The molecule has 1 aromatic carbocycles. The number of pyridine rings is 1. The van der Waals surface area contributed by atoms with Gasteiger partial charge in [0, 0.05) is 35.8 Å². The van der Waals surface area contributed by atoms with Crippen molar-refractivity contribution in [1.29, 1.82) is 0 Å². The van der Waals surface area contributed by atoms with E-state index in [0.717, 1.165) is 39.6 Å². The number of benzene rings is 1. The Balaban J connectivity index is 1.81. The van der Waals surface area contributed by atoms with Gasteiger partial charge >= 0.3 is 0 Å². The Morgan fingerprint density at radius 3 is 2.60 bits per heavy atom. The van der Waals surface area contributed by atoms with Crippen molar-refractivity contribution in [3.63, 3.8) is 0 Å². The number of likely N-dealkylation sites (N-methyl/N-ethyl adjacent to an activating group) is 1. The molecule has 7 nitrogen and oxygen atoms in total. The van der Waals surface area contributed by atoms with Gasteiger partial charge in [-0.15, -0.1) is 0 Å². The smallest absolute Gasteiger partial charge is 0.231 e. The molecule has 0 saturated heterocycles. The van der Waals surface area contributed by atoms with Crippen LogP contribution in [-0.4, -0.2) is 39.6 Å². The van der Waals surface area contributed by atoms with E-state index >= 15 is 0 Å². The number of hydrogen-bond donors (Lipinski definition) is 0. The Labute approximate surface area is 175 Å². The summed E-state index contributed by atoms with van der Waals surface area (Å²) in [6.07, 6.45) is 3.53. The molecule has 0 N–H and O–H groups in total. The quantitative estimate of drug-likeness (QED) is 0.511. The van der Waals surface area contributed by atoms with Gasteiger partial charge in [-0.3, -0.25) is 9.78 Å². The number of methoxy groups -OCH3 is 1. The number of carbonyl (C=O) groups excluding carboxylic acids is 1. The summed E-state index contributed by atoms with van der Waals surface area (Å²) in [4.78, 5) is 23.5. The van der Waals surface area contributed by atoms with Crippen LogP contribution in [0.25, 0.3) is 16.9 Å². The summed E-state index contributed by atoms with van der Waals surface area (Å²) in [6, 6.07) is 13.3. The molecule has 30 heavy (non-hydrogen) atoms. The topological polar surface area (TPSA) is 72.6 Å². The number of ether oxygens (including phenoxy) is 1. The zero-order valence-corrected chi connectivity index (χ0v) is 17.5. The van der Waals surface area contributed by atoms with Crippen LogP contribution in [-0.2, 0) is 11.2 Å². The van der Waals surface area contributed by atoms with Crippen molar-refractivity contribution >= 4 is 17.2 Å². The molecule has 0 fully saturated rings. The van der Waals surface area contributed by atoms with Crippen LogP contribution in [0, 0.1) is 13.8 Å². The maximum atomic E-state index is 13.1. The second-order valence-corrected chi connectivity index (χ2v) is 7.17. The summed E-state index contributed by atoms with van der Waals surface area (Å²) in [6.45, 7) is 3.93. The van der Waals surface area contributed by atoms with E-state index in [4.69, 9.17) is 14.8 Å². The molecule has 1 amide bonds. The van der Waals surface area contributed by atoms with E-state index in [2.05, 4.69) is 4.98 Å². The van der Waals surface area contributed by atoms with Gasteiger partial charge in [-0.25, -0.2) is 9.50 Å². The molecule has 0 unspecified atom stereocenters. The molecule has 0 aliphatic rings. The van der Waals surface area contributed by atoms with Crippen LogP contribution in [0.3, 0.4) is 0 Å². The summed E-state index contributed by atoms with van der Waals surface area (Å²) >= 11 is 0. The van der Waals surface area contributed by atoms with Gasteiger partial charge in [0.05, 0.1) is 31.1 Å². The fourth-order valence-electron chi connectivity index (χ4n) is 3.47. The first-order valence-electron chi connectivity index (χ1n) is 9.65. The van der Waals surface area contributed by atoms with E-state index in [9.17, 15) is 4.79 Å². The normalized spacial score (nSPS) is 10.9. The third-order valence-electron chi connectivity index (χ3n) is 5.09.